The number of piperidine rings is 1. The zero-order valence-corrected chi connectivity index (χ0v) is 17.9. The van der Waals surface area contributed by atoms with Crippen LogP contribution in [0.2, 0.25) is 0 Å². The summed E-state index contributed by atoms with van der Waals surface area (Å²) >= 11 is 0. The molecule has 1 aliphatic heterocycles. The predicted octanol–water partition coefficient (Wildman–Crippen LogP) is 2.17. The largest absolute Gasteiger partial charge is 0.497 e. The van der Waals surface area contributed by atoms with Crippen LogP contribution in [0.25, 0.3) is 0 Å². The number of aliphatic imine (C=N–C) groups is 1. The maximum Gasteiger partial charge on any atom is 0.191 e. The van der Waals surface area contributed by atoms with E-state index < -0.39 is 6.10 Å². The minimum atomic E-state index is -0.775. The quantitative estimate of drug-likeness (QED) is 0.465. The van der Waals surface area contributed by atoms with E-state index in [-0.39, 0.29) is 6.54 Å². The van der Waals surface area contributed by atoms with Crippen LogP contribution in [0.4, 0.5) is 0 Å². The molecule has 0 saturated carbocycles. The van der Waals surface area contributed by atoms with Gasteiger partial charge < -0.3 is 30.1 Å². The molecule has 1 saturated heterocycles. The molecule has 7 heteroatoms. The fourth-order valence-corrected chi connectivity index (χ4v) is 3.45. The van der Waals surface area contributed by atoms with Crippen molar-refractivity contribution in [2.24, 2.45) is 4.99 Å². The highest BCUT2D eigenvalue weighted by Crippen LogP contribution is 2.29. The van der Waals surface area contributed by atoms with Gasteiger partial charge in [0, 0.05) is 37.3 Å². The number of rotatable bonds is 8. The molecule has 2 rings (SSSR count). The molecule has 0 aliphatic carbocycles. The zero-order chi connectivity index (χ0) is 20.5. The Morgan fingerprint density at radius 3 is 2.54 bits per heavy atom. The average molecular weight is 393 g/mol. The Morgan fingerprint density at radius 1 is 1.25 bits per heavy atom. The van der Waals surface area contributed by atoms with Gasteiger partial charge in [-0.2, -0.15) is 0 Å². The second-order valence-corrected chi connectivity index (χ2v) is 7.39. The van der Waals surface area contributed by atoms with Crippen molar-refractivity contribution >= 4 is 5.96 Å². The molecule has 0 bridgehead atoms. The number of hydrogen-bond donors (Lipinski definition) is 3. The summed E-state index contributed by atoms with van der Waals surface area (Å²) in [6, 6.07) is 6.40. The summed E-state index contributed by atoms with van der Waals surface area (Å²) in [5.41, 5.74) is 0.673. The molecule has 7 nitrogen and oxygen atoms in total. The van der Waals surface area contributed by atoms with Gasteiger partial charge in [0.15, 0.2) is 5.96 Å². The van der Waals surface area contributed by atoms with Crippen molar-refractivity contribution in [2.45, 2.75) is 51.8 Å². The second kappa shape index (κ2) is 11.1. The SMILES string of the molecule is CCNC(=NCC(O)c1cc(OC)ccc1OC)NC1CCN(C(C)C)CC1. The number of hydrogen-bond acceptors (Lipinski definition) is 5. The molecule has 1 unspecified atom stereocenters. The molecule has 0 spiro atoms. The van der Waals surface area contributed by atoms with E-state index in [1.165, 1.54) is 0 Å². The highest BCUT2D eigenvalue weighted by molar-refractivity contribution is 5.80. The van der Waals surface area contributed by atoms with Crippen LogP contribution in [0, 0.1) is 0 Å². The Bertz CT molecular complexity index is 628. The molecular weight excluding hydrogens is 356 g/mol. The van der Waals surface area contributed by atoms with Crippen LogP contribution in [0.1, 0.15) is 45.3 Å². The fourth-order valence-electron chi connectivity index (χ4n) is 3.45. The summed E-state index contributed by atoms with van der Waals surface area (Å²) < 4.78 is 10.6. The first kappa shape index (κ1) is 22.3. The average Bonchev–Trinajstić information content (AvgIpc) is 2.71. The van der Waals surface area contributed by atoms with Gasteiger partial charge in [0.1, 0.15) is 17.6 Å². The Labute approximate surface area is 169 Å². The maximum atomic E-state index is 10.7. The summed E-state index contributed by atoms with van der Waals surface area (Å²) in [5, 5.41) is 17.5. The van der Waals surface area contributed by atoms with Crippen molar-refractivity contribution in [1.29, 1.82) is 0 Å². The summed E-state index contributed by atoms with van der Waals surface area (Å²) in [5.74, 6) is 2.05. The predicted molar refractivity (Wildman–Crippen MR) is 113 cm³/mol. The first-order valence-corrected chi connectivity index (χ1v) is 10.2. The van der Waals surface area contributed by atoms with Gasteiger partial charge in [-0.1, -0.05) is 0 Å². The summed E-state index contributed by atoms with van der Waals surface area (Å²) in [4.78, 5) is 7.10. The summed E-state index contributed by atoms with van der Waals surface area (Å²) in [6.07, 6.45) is 1.41. The smallest absolute Gasteiger partial charge is 0.191 e. The van der Waals surface area contributed by atoms with Crippen molar-refractivity contribution in [3.8, 4) is 11.5 Å². The molecule has 0 radical (unpaired) electrons. The third-order valence-corrected chi connectivity index (χ3v) is 5.16. The van der Waals surface area contributed by atoms with E-state index in [2.05, 4.69) is 34.4 Å². The molecule has 28 heavy (non-hydrogen) atoms. The number of aliphatic hydroxyl groups excluding tert-OH is 1. The van der Waals surface area contributed by atoms with Crippen molar-refractivity contribution in [3.63, 3.8) is 0 Å². The van der Waals surface area contributed by atoms with E-state index >= 15 is 0 Å². The van der Waals surface area contributed by atoms with Gasteiger partial charge in [-0.25, -0.2) is 0 Å². The van der Waals surface area contributed by atoms with E-state index in [4.69, 9.17) is 9.47 Å². The lowest BCUT2D eigenvalue weighted by Crippen LogP contribution is -2.50. The number of guanidine groups is 1. The molecule has 1 atom stereocenters. The monoisotopic (exact) mass is 392 g/mol. The van der Waals surface area contributed by atoms with Crippen molar-refractivity contribution in [3.05, 3.63) is 23.8 Å². The van der Waals surface area contributed by atoms with Crippen LogP contribution in [0.15, 0.2) is 23.2 Å². The van der Waals surface area contributed by atoms with Gasteiger partial charge in [0.2, 0.25) is 0 Å². The fraction of sp³-hybridized carbons (Fsp3) is 0.667. The molecule has 0 amide bonds. The van der Waals surface area contributed by atoms with E-state index in [0.29, 0.717) is 29.1 Å². The molecule has 1 heterocycles. The van der Waals surface area contributed by atoms with Gasteiger partial charge in [0.25, 0.3) is 0 Å². The molecule has 1 aromatic carbocycles. The Hall–Kier alpha value is -1.99. The van der Waals surface area contributed by atoms with E-state index in [1.807, 2.05) is 13.0 Å². The normalized spacial score (nSPS) is 17.5. The van der Waals surface area contributed by atoms with Gasteiger partial charge in [0.05, 0.1) is 20.8 Å². The van der Waals surface area contributed by atoms with Gasteiger partial charge >= 0.3 is 0 Å². The highest BCUT2D eigenvalue weighted by Gasteiger charge is 2.21. The van der Waals surface area contributed by atoms with Crippen LogP contribution < -0.4 is 20.1 Å². The second-order valence-electron chi connectivity index (χ2n) is 7.39. The Balaban J connectivity index is 2.00. The standard InChI is InChI=1S/C21H36N4O3/c1-6-22-21(24-16-9-11-25(12-10-16)15(2)3)23-14-19(26)18-13-17(27-4)7-8-20(18)28-5/h7-8,13,15-16,19,26H,6,9-12,14H2,1-5H3,(H2,22,23,24). The minimum absolute atomic E-state index is 0.240. The van der Waals surface area contributed by atoms with Gasteiger partial charge in [-0.05, 0) is 51.8 Å². The molecule has 0 aromatic heterocycles. The Morgan fingerprint density at radius 2 is 1.96 bits per heavy atom. The number of nitrogens with one attached hydrogen (secondary N) is 2. The zero-order valence-electron chi connectivity index (χ0n) is 17.9. The maximum absolute atomic E-state index is 10.7. The van der Waals surface area contributed by atoms with E-state index in [1.54, 1.807) is 26.4 Å². The van der Waals surface area contributed by atoms with E-state index in [0.717, 1.165) is 38.4 Å². The molecule has 3 N–H and O–H groups in total. The highest BCUT2D eigenvalue weighted by atomic mass is 16.5. The molecular formula is C21H36N4O3. The summed E-state index contributed by atoms with van der Waals surface area (Å²) in [7, 11) is 3.20. The summed E-state index contributed by atoms with van der Waals surface area (Å²) in [6.45, 7) is 9.73. The molecule has 1 fully saturated rings. The van der Waals surface area contributed by atoms with Crippen molar-refractivity contribution in [1.82, 2.24) is 15.5 Å². The number of nitrogens with zero attached hydrogens (tertiary/aromatic N) is 2. The topological polar surface area (TPSA) is 78.4 Å². The third kappa shape index (κ3) is 6.27. The number of ether oxygens (including phenoxy) is 2. The van der Waals surface area contributed by atoms with Crippen LogP contribution in [0.5, 0.6) is 11.5 Å². The lowest BCUT2D eigenvalue weighted by molar-refractivity contribution is 0.167. The minimum Gasteiger partial charge on any atom is -0.497 e. The molecule has 158 valence electrons. The molecule has 1 aliphatic rings. The third-order valence-electron chi connectivity index (χ3n) is 5.16. The first-order chi connectivity index (χ1) is 13.5. The van der Waals surface area contributed by atoms with Crippen LogP contribution in [0.3, 0.4) is 0 Å². The number of likely N-dealkylation sites (tertiary alicyclic amines) is 1. The van der Waals surface area contributed by atoms with Crippen LogP contribution in [-0.2, 0) is 0 Å². The number of methoxy groups -OCH3 is 2. The number of benzene rings is 1. The Kier molecular flexibility index (Phi) is 8.86. The molecule has 1 aromatic rings. The van der Waals surface area contributed by atoms with Crippen LogP contribution in [-0.4, -0.2) is 68.4 Å². The lowest BCUT2D eigenvalue weighted by atomic mass is 10.0. The number of aliphatic hydroxyl groups is 1. The van der Waals surface area contributed by atoms with Crippen LogP contribution >= 0.6 is 0 Å². The van der Waals surface area contributed by atoms with E-state index in [9.17, 15) is 5.11 Å². The van der Waals surface area contributed by atoms with Gasteiger partial charge in [-0.3, -0.25) is 4.99 Å². The van der Waals surface area contributed by atoms with Crippen molar-refractivity contribution in [2.75, 3.05) is 40.4 Å². The lowest BCUT2D eigenvalue weighted by Gasteiger charge is -2.35. The van der Waals surface area contributed by atoms with Crippen molar-refractivity contribution < 1.29 is 14.6 Å². The first-order valence-electron chi connectivity index (χ1n) is 10.2. The van der Waals surface area contributed by atoms with Gasteiger partial charge in [-0.15, -0.1) is 0 Å².